The first-order valence-corrected chi connectivity index (χ1v) is 11.9. The fraction of sp³-hybridized carbons (Fsp3) is 0. The Labute approximate surface area is 233 Å². The number of furan rings is 2. The number of anilines is 1. The van der Waals surface area contributed by atoms with Gasteiger partial charge >= 0.3 is 0 Å². The van der Waals surface area contributed by atoms with Gasteiger partial charge in [-0.2, -0.15) is 14.9 Å². The van der Waals surface area contributed by atoms with E-state index in [-0.39, 0.29) is 27.4 Å². The third kappa shape index (κ3) is 5.72. The molecule has 0 unspecified atom stereocenters. The summed E-state index contributed by atoms with van der Waals surface area (Å²) < 4.78 is 12.7. The molecule has 3 heterocycles. The molecule has 0 saturated carbocycles. The van der Waals surface area contributed by atoms with E-state index in [0.717, 1.165) is 0 Å². The lowest BCUT2D eigenvalue weighted by Gasteiger charge is -2.00. The minimum absolute atomic E-state index is 0.0257. The van der Waals surface area contributed by atoms with Gasteiger partial charge in [-0.25, -0.2) is 5.43 Å². The van der Waals surface area contributed by atoms with Crippen molar-refractivity contribution in [3.63, 3.8) is 0 Å². The van der Waals surface area contributed by atoms with E-state index in [4.69, 9.17) is 32.0 Å². The fourth-order valence-electron chi connectivity index (χ4n) is 3.43. The molecule has 200 valence electrons. The number of hydrogen-bond acceptors (Lipinski definition) is 11. The molecule has 0 radical (unpaired) electrons. The Kier molecular flexibility index (Phi) is 7.35. The number of aromatic nitrogens is 3. The highest BCUT2D eigenvalue weighted by molar-refractivity contribution is 6.33. The Morgan fingerprint density at radius 1 is 0.825 bits per heavy atom. The van der Waals surface area contributed by atoms with Gasteiger partial charge in [0.2, 0.25) is 0 Å². The highest BCUT2D eigenvalue weighted by atomic mass is 35.5. The molecule has 16 heteroatoms. The molecule has 0 bridgehead atoms. The number of nitrogens with zero attached hydrogens (tertiary/aromatic N) is 7. The molecule has 0 fully saturated rings. The Morgan fingerprint density at radius 3 is 1.93 bits per heavy atom. The first-order chi connectivity index (χ1) is 19.3. The third-order valence-electron chi connectivity index (χ3n) is 5.30. The maximum Gasteiger partial charge on any atom is 0.288 e. The molecule has 0 saturated heterocycles. The van der Waals surface area contributed by atoms with Crippen LogP contribution in [0.2, 0.25) is 10.0 Å². The van der Waals surface area contributed by atoms with Crippen LogP contribution in [0.5, 0.6) is 0 Å². The Morgan fingerprint density at radius 2 is 1.38 bits per heavy atom. The zero-order valence-corrected chi connectivity index (χ0v) is 21.4. The molecule has 0 amide bonds. The van der Waals surface area contributed by atoms with Crippen LogP contribution < -0.4 is 5.43 Å². The molecule has 0 aliphatic rings. The normalized spacial score (nSPS) is 11.4. The second kappa shape index (κ2) is 11.2. The van der Waals surface area contributed by atoms with Gasteiger partial charge in [-0.05, 0) is 48.5 Å². The number of hydrazone groups is 1. The van der Waals surface area contributed by atoms with Crippen molar-refractivity contribution in [1.82, 2.24) is 14.9 Å². The number of rotatable bonds is 9. The number of benzene rings is 2. The van der Waals surface area contributed by atoms with E-state index in [1.165, 1.54) is 47.7 Å². The average molecular weight is 581 g/mol. The number of nitro benzene ring substituents is 2. The molecule has 14 nitrogen and oxygen atoms in total. The van der Waals surface area contributed by atoms with E-state index >= 15 is 0 Å². The van der Waals surface area contributed by atoms with E-state index in [1.54, 1.807) is 36.4 Å². The quantitative estimate of drug-likeness (QED) is 0.120. The van der Waals surface area contributed by atoms with Gasteiger partial charge in [0.05, 0.1) is 22.3 Å². The van der Waals surface area contributed by atoms with Gasteiger partial charge in [0, 0.05) is 23.3 Å². The van der Waals surface area contributed by atoms with E-state index in [9.17, 15) is 20.2 Å². The standard InChI is InChI=1S/C24H14Cl2N8O6/c25-18-5-1-14(9-20(18)33(35)36)22-7-3-16(39-22)11-27-30-24-31-28-13-32(24)29-12-17-4-8-23(40-17)15-2-6-19(26)21(10-15)34(37)38/h1-13H,(H,30,31)/b27-11+,29-12+. The molecular formula is C24H14Cl2N8O6. The van der Waals surface area contributed by atoms with Crippen molar-refractivity contribution in [3.8, 4) is 22.6 Å². The van der Waals surface area contributed by atoms with Crippen LogP contribution in [0.3, 0.4) is 0 Å². The lowest BCUT2D eigenvalue weighted by molar-refractivity contribution is -0.384. The smallest absolute Gasteiger partial charge is 0.288 e. The van der Waals surface area contributed by atoms with Gasteiger partial charge in [-0.15, -0.1) is 10.2 Å². The maximum absolute atomic E-state index is 11.1. The number of hydrogen-bond donors (Lipinski definition) is 1. The van der Waals surface area contributed by atoms with Crippen LogP contribution in [-0.2, 0) is 0 Å². The van der Waals surface area contributed by atoms with Gasteiger partial charge < -0.3 is 8.83 Å². The van der Waals surface area contributed by atoms with Crippen molar-refractivity contribution in [2.45, 2.75) is 0 Å². The largest absolute Gasteiger partial charge is 0.455 e. The molecule has 1 N–H and O–H groups in total. The zero-order valence-electron chi connectivity index (χ0n) is 19.8. The summed E-state index contributed by atoms with van der Waals surface area (Å²) in [6.07, 6.45) is 4.11. The van der Waals surface area contributed by atoms with Crippen LogP contribution in [0.25, 0.3) is 22.6 Å². The molecule has 40 heavy (non-hydrogen) atoms. The van der Waals surface area contributed by atoms with Gasteiger partial charge in [0.25, 0.3) is 17.3 Å². The lowest BCUT2D eigenvalue weighted by atomic mass is 10.1. The summed E-state index contributed by atoms with van der Waals surface area (Å²) in [5.41, 5.74) is 3.18. The van der Waals surface area contributed by atoms with Crippen LogP contribution in [-0.4, -0.2) is 37.1 Å². The summed E-state index contributed by atoms with van der Waals surface area (Å²) in [7, 11) is 0. The average Bonchev–Trinajstić information content (AvgIpc) is 3.69. The monoisotopic (exact) mass is 580 g/mol. The van der Waals surface area contributed by atoms with Crippen molar-refractivity contribution in [1.29, 1.82) is 0 Å². The van der Waals surface area contributed by atoms with Crippen LogP contribution >= 0.6 is 23.2 Å². The number of nitrogens with one attached hydrogen (secondary N) is 1. The molecular weight excluding hydrogens is 567 g/mol. The summed E-state index contributed by atoms with van der Waals surface area (Å²) in [6, 6.07) is 15.3. The van der Waals surface area contributed by atoms with Gasteiger partial charge in [-0.1, -0.05) is 23.2 Å². The highest BCUT2D eigenvalue weighted by Gasteiger charge is 2.16. The Bertz CT molecular complexity index is 1790. The first-order valence-electron chi connectivity index (χ1n) is 11.1. The summed E-state index contributed by atoms with van der Waals surface area (Å²) in [5, 5.41) is 38.3. The van der Waals surface area contributed by atoms with Crippen molar-refractivity contribution < 1.29 is 18.7 Å². The Hall–Kier alpha value is -5.34. The molecule has 2 aromatic carbocycles. The van der Waals surface area contributed by atoms with Crippen LogP contribution in [0.4, 0.5) is 17.3 Å². The Balaban J connectivity index is 1.25. The fourth-order valence-corrected chi connectivity index (χ4v) is 3.80. The van der Waals surface area contributed by atoms with Crippen LogP contribution in [0.1, 0.15) is 11.5 Å². The molecule has 3 aromatic heterocycles. The highest BCUT2D eigenvalue weighted by Crippen LogP contribution is 2.32. The van der Waals surface area contributed by atoms with Crippen molar-refractivity contribution in [2.24, 2.45) is 10.2 Å². The SMILES string of the molecule is O=[N+]([O-])c1cc(-c2ccc(/C=N/Nc3nncn3/N=C/c3ccc(-c4ccc(Cl)c([N+](=O)[O-])c4)o3)o2)ccc1Cl. The van der Waals surface area contributed by atoms with E-state index in [2.05, 4.69) is 25.8 Å². The van der Waals surface area contributed by atoms with E-state index in [1.807, 2.05) is 0 Å². The molecule has 0 atom stereocenters. The minimum Gasteiger partial charge on any atom is -0.455 e. The topological polar surface area (TPSA) is 180 Å². The van der Waals surface area contributed by atoms with E-state index < -0.39 is 9.85 Å². The molecule has 0 aliphatic heterocycles. The predicted molar refractivity (Wildman–Crippen MR) is 146 cm³/mol. The van der Waals surface area contributed by atoms with Gasteiger partial charge in [0.15, 0.2) is 0 Å². The lowest BCUT2D eigenvalue weighted by Crippen LogP contribution is -1.98. The number of nitro groups is 2. The zero-order chi connectivity index (χ0) is 28.2. The van der Waals surface area contributed by atoms with Crippen molar-refractivity contribution in [3.05, 3.63) is 109 Å². The van der Waals surface area contributed by atoms with Crippen molar-refractivity contribution in [2.75, 3.05) is 5.43 Å². The second-order valence-electron chi connectivity index (χ2n) is 7.86. The summed E-state index contributed by atoms with van der Waals surface area (Å²) in [4.78, 5) is 21.1. The second-order valence-corrected chi connectivity index (χ2v) is 8.68. The summed E-state index contributed by atoms with van der Waals surface area (Å²) >= 11 is 11.7. The first kappa shape index (κ1) is 26.3. The van der Waals surface area contributed by atoms with E-state index in [0.29, 0.717) is 34.2 Å². The van der Waals surface area contributed by atoms with Gasteiger partial charge in [-0.3, -0.25) is 20.2 Å². The minimum atomic E-state index is -0.571. The molecule has 0 spiro atoms. The number of halogens is 2. The van der Waals surface area contributed by atoms with Crippen molar-refractivity contribution >= 4 is 53.0 Å². The maximum atomic E-state index is 11.1. The molecule has 0 aliphatic carbocycles. The summed E-state index contributed by atoms with van der Waals surface area (Å²) in [6.45, 7) is 0. The van der Waals surface area contributed by atoms with Crippen LogP contribution in [0, 0.1) is 20.2 Å². The molecule has 5 rings (SSSR count). The predicted octanol–water partition coefficient (Wildman–Crippen LogP) is 6.25. The summed E-state index contributed by atoms with van der Waals surface area (Å²) in [5.74, 6) is 1.67. The van der Waals surface area contributed by atoms with Crippen LogP contribution in [0.15, 0.2) is 86.0 Å². The van der Waals surface area contributed by atoms with Gasteiger partial charge in [0.1, 0.15) is 39.4 Å². The third-order valence-corrected chi connectivity index (χ3v) is 5.94. The molecule has 5 aromatic rings.